The molecule has 1 aromatic carbocycles. The Morgan fingerprint density at radius 3 is 2.74 bits per heavy atom. The van der Waals surface area contributed by atoms with Gasteiger partial charge in [-0.05, 0) is 42.5 Å². The molecule has 1 N–H and O–H groups in total. The lowest BCUT2D eigenvalue weighted by Gasteiger charge is -2.22. The third-order valence-corrected chi connectivity index (χ3v) is 5.04. The van der Waals surface area contributed by atoms with Gasteiger partial charge in [-0.1, -0.05) is 48.0 Å². The lowest BCUT2D eigenvalue weighted by Crippen LogP contribution is -2.14. The van der Waals surface area contributed by atoms with Gasteiger partial charge in [0.25, 0.3) is 0 Å². The third kappa shape index (κ3) is 2.86. The van der Waals surface area contributed by atoms with Crippen LogP contribution in [-0.2, 0) is 4.79 Å². The summed E-state index contributed by atoms with van der Waals surface area (Å²) in [5, 5.41) is 3.00. The summed E-state index contributed by atoms with van der Waals surface area (Å²) in [6.07, 6.45) is 9.08. The van der Waals surface area contributed by atoms with E-state index in [0.29, 0.717) is 0 Å². The van der Waals surface area contributed by atoms with Crippen LogP contribution in [0.1, 0.15) is 56.4 Å². The number of nitrogens with one attached hydrogen (secondary N) is 1. The second kappa shape index (κ2) is 5.66. The molecule has 2 nitrogen and oxygen atoms in total. The van der Waals surface area contributed by atoms with Gasteiger partial charge in [-0.3, -0.25) is 4.79 Å². The Kier molecular flexibility index (Phi) is 3.92. The molecule has 0 saturated heterocycles. The van der Waals surface area contributed by atoms with Crippen LogP contribution in [0.25, 0.3) is 0 Å². The van der Waals surface area contributed by atoms with E-state index in [0.717, 1.165) is 22.5 Å². The van der Waals surface area contributed by atoms with Crippen LogP contribution in [0.2, 0.25) is 0 Å². The maximum atomic E-state index is 12.1. The van der Waals surface area contributed by atoms with Crippen molar-refractivity contribution in [2.45, 2.75) is 50.9 Å². The van der Waals surface area contributed by atoms with Gasteiger partial charge in [0.05, 0.1) is 5.92 Å². The number of carbonyl (C=O) groups excluding carboxylic acids is 1. The average molecular weight is 322 g/mol. The zero-order chi connectivity index (χ0) is 13.2. The number of halogens is 1. The van der Waals surface area contributed by atoms with Gasteiger partial charge in [0.1, 0.15) is 0 Å². The Hall–Kier alpha value is -0.830. The van der Waals surface area contributed by atoms with Crippen LogP contribution in [0.5, 0.6) is 0 Å². The van der Waals surface area contributed by atoms with Crippen molar-refractivity contribution in [3.05, 3.63) is 28.2 Å². The van der Waals surface area contributed by atoms with Crippen LogP contribution < -0.4 is 5.32 Å². The van der Waals surface area contributed by atoms with Crippen molar-refractivity contribution >= 4 is 27.5 Å². The molecule has 1 amide bonds. The lowest BCUT2D eigenvalue weighted by atomic mass is 9.83. The zero-order valence-electron chi connectivity index (χ0n) is 11.1. The summed E-state index contributed by atoms with van der Waals surface area (Å²) < 4.78 is 1.06. The van der Waals surface area contributed by atoms with E-state index in [1.54, 1.807) is 0 Å². The lowest BCUT2D eigenvalue weighted by molar-refractivity contribution is -0.117. The van der Waals surface area contributed by atoms with E-state index in [4.69, 9.17) is 0 Å². The molecule has 1 atom stereocenters. The Labute approximate surface area is 123 Å². The Morgan fingerprint density at radius 1 is 1.16 bits per heavy atom. The molecule has 0 aromatic heterocycles. The summed E-state index contributed by atoms with van der Waals surface area (Å²) in [6.45, 7) is 0. The fraction of sp³-hybridized carbons (Fsp3) is 0.562. The number of carbonyl (C=O) groups is 1. The average Bonchev–Trinajstić information content (AvgIpc) is 2.73. The van der Waals surface area contributed by atoms with Crippen molar-refractivity contribution in [2.24, 2.45) is 5.92 Å². The van der Waals surface area contributed by atoms with Gasteiger partial charge in [0, 0.05) is 10.2 Å². The van der Waals surface area contributed by atoms with Crippen LogP contribution in [0.4, 0.5) is 5.69 Å². The summed E-state index contributed by atoms with van der Waals surface area (Å²) in [4.78, 5) is 12.1. The zero-order valence-corrected chi connectivity index (χ0v) is 12.7. The highest BCUT2D eigenvalue weighted by Crippen LogP contribution is 2.39. The molecule has 1 aromatic rings. The van der Waals surface area contributed by atoms with Crippen LogP contribution in [-0.4, -0.2) is 5.91 Å². The van der Waals surface area contributed by atoms with Crippen LogP contribution in [0.15, 0.2) is 22.7 Å². The number of hydrogen-bond donors (Lipinski definition) is 1. The van der Waals surface area contributed by atoms with E-state index in [2.05, 4.69) is 27.3 Å². The van der Waals surface area contributed by atoms with E-state index in [1.807, 2.05) is 12.1 Å². The normalized spacial score (nSPS) is 23.2. The van der Waals surface area contributed by atoms with Crippen molar-refractivity contribution in [2.75, 3.05) is 5.32 Å². The summed E-state index contributed by atoms with van der Waals surface area (Å²) in [6, 6.07) is 6.08. The van der Waals surface area contributed by atoms with Crippen LogP contribution in [0, 0.1) is 5.92 Å². The number of fused-ring (bicyclic) bond motifs is 1. The number of benzene rings is 1. The van der Waals surface area contributed by atoms with Gasteiger partial charge in [-0.15, -0.1) is 0 Å². The molecule has 1 unspecified atom stereocenters. The van der Waals surface area contributed by atoms with Gasteiger partial charge >= 0.3 is 0 Å². The first-order valence-corrected chi connectivity index (χ1v) is 8.13. The standard InChI is InChI=1S/C16H20BrNO/c17-12-7-9-15-14(10-12)13(16(19)18-15)8-6-11-4-2-1-3-5-11/h7,9-11,13H,1-6,8H2,(H,18,19). The monoisotopic (exact) mass is 321 g/mol. The molecule has 102 valence electrons. The van der Waals surface area contributed by atoms with Gasteiger partial charge in [-0.25, -0.2) is 0 Å². The molecule has 1 aliphatic carbocycles. The van der Waals surface area contributed by atoms with Crippen LogP contribution >= 0.6 is 15.9 Å². The number of rotatable bonds is 3. The molecule has 1 saturated carbocycles. The molecule has 0 radical (unpaired) electrons. The summed E-state index contributed by atoms with van der Waals surface area (Å²) in [5.74, 6) is 1.09. The van der Waals surface area contributed by atoms with Crippen molar-refractivity contribution < 1.29 is 4.79 Å². The summed E-state index contributed by atoms with van der Waals surface area (Å²) in [5.41, 5.74) is 2.18. The third-order valence-electron chi connectivity index (χ3n) is 4.55. The van der Waals surface area contributed by atoms with Crippen molar-refractivity contribution in [1.82, 2.24) is 0 Å². The highest BCUT2D eigenvalue weighted by Gasteiger charge is 2.31. The topological polar surface area (TPSA) is 29.1 Å². The predicted molar refractivity (Wildman–Crippen MR) is 81.3 cm³/mol. The van der Waals surface area contributed by atoms with Gasteiger partial charge in [-0.2, -0.15) is 0 Å². The molecule has 2 aliphatic rings. The molecule has 1 fully saturated rings. The van der Waals surface area contributed by atoms with E-state index < -0.39 is 0 Å². The van der Waals surface area contributed by atoms with E-state index in [9.17, 15) is 4.79 Å². The molecular weight excluding hydrogens is 302 g/mol. The molecule has 0 spiro atoms. The van der Waals surface area contributed by atoms with E-state index >= 15 is 0 Å². The minimum atomic E-state index is 0.0643. The van der Waals surface area contributed by atoms with Gasteiger partial charge in [0.2, 0.25) is 5.91 Å². The molecule has 3 rings (SSSR count). The Morgan fingerprint density at radius 2 is 1.95 bits per heavy atom. The second-order valence-electron chi connectivity index (χ2n) is 5.85. The fourth-order valence-electron chi connectivity index (χ4n) is 3.46. The second-order valence-corrected chi connectivity index (χ2v) is 6.77. The molecular formula is C16H20BrNO. The molecule has 1 heterocycles. The SMILES string of the molecule is O=C1Nc2ccc(Br)cc2C1CCC1CCCCC1. The van der Waals surface area contributed by atoms with Gasteiger partial charge < -0.3 is 5.32 Å². The minimum absolute atomic E-state index is 0.0643. The Bertz CT molecular complexity index is 480. The Balaban J connectivity index is 1.67. The largest absolute Gasteiger partial charge is 0.325 e. The first-order valence-electron chi connectivity index (χ1n) is 7.34. The van der Waals surface area contributed by atoms with E-state index in [-0.39, 0.29) is 11.8 Å². The van der Waals surface area contributed by atoms with Crippen molar-refractivity contribution in [3.8, 4) is 0 Å². The summed E-state index contributed by atoms with van der Waals surface area (Å²) in [7, 11) is 0. The van der Waals surface area contributed by atoms with Gasteiger partial charge in [0.15, 0.2) is 0 Å². The van der Waals surface area contributed by atoms with Crippen molar-refractivity contribution in [3.63, 3.8) is 0 Å². The summed E-state index contributed by atoms with van der Waals surface area (Å²) >= 11 is 3.50. The smallest absolute Gasteiger partial charge is 0.232 e. The van der Waals surface area contributed by atoms with Crippen LogP contribution in [0.3, 0.4) is 0 Å². The first kappa shape index (κ1) is 13.2. The maximum Gasteiger partial charge on any atom is 0.232 e. The maximum absolute atomic E-state index is 12.1. The minimum Gasteiger partial charge on any atom is -0.325 e. The fourth-order valence-corrected chi connectivity index (χ4v) is 3.84. The molecule has 1 aliphatic heterocycles. The molecule has 19 heavy (non-hydrogen) atoms. The number of amides is 1. The quantitative estimate of drug-likeness (QED) is 0.847. The molecule has 0 bridgehead atoms. The highest BCUT2D eigenvalue weighted by molar-refractivity contribution is 9.10. The predicted octanol–water partition coefficient (Wildman–Crippen LogP) is 4.85. The first-order chi connectivity index (χ1) is 9.24. The number of anilines is 1. The number of hydrogen-bond acceptors (Lipinski definition) is 1. The van der Waals surface area contributed by atoms with E-state index in [1.165, 1.54) is 44.1 Å². The van der Waals surface area contributed by atoms with Crippen molar-refractivity contribution in [1.29, 1.82) is 0 Å². The molecule has 3 heteroatoms. The highest BCUT2D eigenvalue weighted by atomic mass is 79.9.